The highest BCUT2D eigenvalue weighted by atomic mass is 35.5. The van der Waals surface area contributed by atoms with Crippen molar-refractivity contribution < 1.29 is 30.4 Å². The normalized spacial score (nSPS) is 14.8. The molecule has 5 aromatic rings. The van der Waals surface area contributed by atoms with Gasteiger partial charge in [-0.3, -0.25) is 19.2 Å². The Balaban J connectivity index is 1.57. The van der Waals surface area contributed by atoms with E-state index in [0.717, 1.165) is 12.3 Å². The number of aromatic nitrogens is 5. The summed E-state index contributed by atoms with van der Waals surface area (Å²) in [5, 5.41) is 7.50. The number of anilines is 1. The summed E-state index contributed by atoms with van der Waals surface area (Å²) in [6, 6.07) is 8.81. The van der Waals surface area contributed by atoms with Crippen molar-refractivity contribution >= 4 is 60.2 Å². The molecule has 3 aromatic heterocycles. The average Bonchev–Trinajstić information content (AvgIpc) is 3.71. The van der Waals surface area contributed by atoms with Crippen LogP contribution in [-0.2, 0) is 44.7 Å². The average molecular weight is 786 g/mol. The number of hydrogen-bond acceptors (Lipinski definition) is 8. The van der Waals surface area contributed by atoms with E-state index in [1.54, 1.807) is 68.9 Å². The molecule has 0 radical (unpaired) electrons. The molecule has 1 fully saturated rings. The van der Waals surface area contributed by atoms with E-state index in [4.69, 9.17) is 16.6 Å². The SMILES string of the molecule is CC(=Cc1ccc(-c2ccc(Cl)c3c(NS(C)(=O)=O)nn(C)c23)c([C@H](Cc2cc(F)cc(F)c2)NC(=O)Cn2ccnc2)n1)C(C)(C)S(=O)(=O)C1CC1. The first kappa shape index (κ1) is 38.1. The third-order valence-electron chi connectivity index (χ3n) is 9.36. The summed E-state index contributed by atoms with van der Waals surface area (Å²) >= 11 is 6.63. The van der Waals surface area contributed by atoms with Crippen LogP contribution >= 0.6 is 11.6 Å². The Bertz CT molecular complexity index is 2460. The number of carbonyl (C=O) groups is 1. The van der Waals surface area contributed by atoms with Crippen molar-refractivity contribution in [3.8, 4) is 11.1 Å². The van der Waals surface area contributed by atoms with Crippen LogP contribution in [0, 0.1) is 11.6 Å². The molecule has 17 heteroatoms. The molecule has 12 nitrogen and oxygen atoms in total. The van der Waals surface area contributed by atoms with E-state index in [1.165, 1.54) is 29.3 Å². The van der Waals surface area contributed by atoms with E-state index < -0.39 is 53.4 Å². The number of amides is 1. The van der Waals surface area contributed by atoms with E-state index in [9.17, 15) is 30.4 Å². The fraction of sp³-hybridized carbons (Fsp3) is 0.333. The number of imidazole rings is 1. The zero-order valence-corrected chi connectivity index (χ0v) is 32.0. The lowest BCUT2D eigenvalue weighted by Gasteiger charge is -2.26. The summed E-state index contributed by atoms with van der Waals surface area (Å²) in [5.74, 6) is -2.06. The highest BCUT2D eigenvalue weighted by Gasteiger charge is 2.47. The molecule has 0 spiro atoms. The summed E-state index contributed by atoms with van der Waals surface area (Å²) in [6.45, 7) is 4.93. The second-order valence-electron chi connectivity index (χ2n) is 13.8. The molecule has 2 N–H and O–H groups in total. The van der Waals surface area contributed by atoms with E-state index in [-0.39, 0.29) is 35.1 Å². The third-order valence-corrected chi connectivity index (χ3v) is 13.3. The van der Waals surface area contributed by atoms with E-state index >= 15 is 0 Å². The Morgan fingerprint density at radius 1 is 1.08 bits per heavy atom. The fourth-order valence-corrected chi connectivity index (χ4v) is 9.12. The predicted molar refractivity (Wildman–Crippen MR) is 200 cm³/mol. The minimum absolute atomic E-state index is 0.000983. The number of halogens is 3. The van der Waals surface area contributed by atoms with Gasteiger partial charge in [-0.15, -0.1) is 0 Å². The number of pyridine rings is 1. The Morgan fingerprint density at radius 3 is 2.38 bits per heavy atom. The number of nitrogens with one attached hydrogen (secondary N) is 2. The van der Waals surface area contributed by atoms with Crippen LogP contribution < -0.4 is 10.0 Å². The topological polar surface area (TPSA) is 158 Å². The van der Waals surface area contributed by atoms with Crippen LogP contribution in [0.4, 0.5) is 14.6 Å². The van der Waals surface area contributed by atoms with Gasteiger partial charge in [-0.05, 0) is 75.9 Å². The van der Waals surface area contributed by atoms with Gasteiger partial charge in [0.15, 0.2) is 15.7 Å². The van der Waals surface area contributed by atoms with Crippen molar-refractivity contribution in [2.24, 2.45) is 7.05 Å². The second-order valence-corrected chi connectivity index (χ2v) is 18.7. The van der Waals surface area contributed by atoms with Crippen molar-refractivity contribution in [3.63, 3.8) is 0 Å². The van der Waals surface area contributed by atoms with Crippen LogP contribution in [0.5, 0.6) is 0 Å². The number of carbonyl (C=O) groups excluding carboxylic acids is 1. The summed E-state index contributed by atoms with van der Waals surface area (Å²) in [5.41, 5.74) is 2.83. The van der Waals surface area contributed by atoms with Gasteiger partial charge in [0.25, 0.3) is 0 Å². The maximum absolute atomic E-state index is 14.5. The van der Waals surface area contributed by atoms with E-state index in [1.807, 2.05) is 0 Å². The summed E-state index contributed by atoms with van der Waals surface area (Å²) in [4.78, 5) is 22.6. The Kier molecular flexibility index (Phi) is 10.3. The Morgan fingerprint density at radius 2 is 1.75 bits per heavy atom. The number of hydrogen-bond donors (Lipinski definition) is 2. The number of sulfone groups is 1. The van der Waals surface area contributed by atoms with Crippen molar-refractivity contribution in [1.82, 2.24) is 29.6 Å². The van der Waals surface area contributed by atoms with Crippen LogP contribution in [0.3, 0.4) is 0 Å². The van der Waals surface area contributed by atoms with Gasteiger partial charge in [0.2, 0.25) is 15.9 Å². The van der Waals surface area contributed by atoms with Crippen LogP contribution in [0.25, 0.3) is 28.1 Å². The van der Waals surface area contributed by atoms with Gasteiger partial charge in [0.1, 0.15) is 18.2 Å². The summed E-state index contributed by atoms with van der Waals surface area (Å²) < 4.78 is 84.6. The number of benzene rings is 2. The van der Waals surface area contributed by atoms with E-state index in [0.29, 0.717) is 46.1 Å². The number of aryl methyl sites for hydroxylation is 1. The van der Waals surface area contributed by atoms with Crippen LogP contribution in [0.2, 0.25) is 5.02 Å². The molecule has 3 heterocycles. The Hall–Kier alpha value is -4.67. The first-order valence-electron chi connectivity index (χ1n) is 16.6. The number of rotatable bonds is 13. The van der Waals surface area contributed by atoms with Crippen LogP contribution in [0.15, 0.2) is 66.8 Å². The first-order valence-corrected chi connectivity index (χ1v) is 20.4. The van der Waals surface area contributed by atoms with Crippen molar-refractivity contribution in [1.29, 1.82) is 0 Å². The van der Waals surface area contributed by atoms with Crippen molar-refractivity contribution in [2.75, 3.05) is 11.0 Å². The first-order chi connectivity index (χ1) is 24.8. The van der Waals surface area contributed by atoms with Crippen molar-refractivity contribution in [2.45, 2.75) is 62.6 Å². The molecule has 0 unspecified atom stereocenters. The molecule has 6 rings (SSSR count). The monoisotopic (exact) mass is 785 g/mol. The quantitative estimate of drug-likeness (QED) is 0.147. The van der Waals surface area contributed by atoms with Gasteiger partial charge < -0.3 is 9.88 Å². The molecule has 1 atom stereocenters. The number of nitrogens with zero attached hydrogens (tertiary/aromatic N) is 5. The molecule has 0 saturated heterocycles. The summed E-state index contributed by atoms with van der Waals surface area (Å²) in [7, 11) is -5.63. The minimum atomic E-state index is -3.75. The molecule has 53 heavy (non-hydrogen) atoms. The lowest BCUT2D eigenvalue weighted by Crippen LogP contribution is -2.36. The van der Waals surface area contributed by atoms with E-state index in [2.05, 4.69) is 20.1 Å². The van der Waals surface area contributed by atoms with Crippen LogP contribution in [0.1, 0.15) is 56.6 Å². The standard InChI is InChI=1S/C36H38ClF2N7O5S2/c1-21(36(2,3)53(50,51)26-7-8-26)14-25-6-9-27(28-10-11-29(37)32-34(28)45(4)43-35(32)44-52(5,48)49)33(41-25)30(17-22-15-23(38)18-24(39)16-22)42-31(47)19-46-13-12-40-20-46/h6,9-16,18,20,26,30H,7-8,17,19H2,1-5H3,(H,42,47)(H,43,44)/t30-/m0/s1. The van der Waals surface area contributed by atoms with Gasteiger partial charge in [-0.1, -0.05) is 29.3 Å². The zero-order valence-electron chi connectivity index (χ0n) is 29.6. The fourth-order valence-electron chi connectivity index (χ4n) is 6.29. The third kappa shape index (κ3) is 8.14. The van der Waals surface area contributed by atoms with Gasteiger partial charge in [-0.2, -0.15) is 5.10 Å². The molecule has 1 saturated carbocycles. The molecular weight excluding hydrogens is 748 g/mol. The van der Waals surface area contributed by atoms with Crippen molar-refractivity contribution in [3.05, 3.63) is 100 Å². The molecule has 1 aliphatic carbocycles. The summed E-state index contributed by atoms with van der Waals surface area (Å²) in [6.07, 6.45) is 8.41. The highest BCUT2D eigenvalue weighted by molar-refractivity contribution is 7.93. The molecule has 1 amide bonds. The number of fused-ring (bicyclic) bond motifs is 1. The van der Waals surface area contributed by atoms with Gasteiger partial charge in [-0.25, -0.2) is 30.6 Å². The maximum atomic E-state index is 14.5. The maximum Gasteiger partial charge on any atom is 0.240 e. The minimum Gasteiger partial charge on any atom is -0.346 e. The molecule has 1 aliphatic rings. The molecular formula is C36H38ClF2N7O5S2. The largest absolute Gasteiger partial charge is 0.346 e. The number of sulfonamides is 1. The predicted octanol–water partition coefficient (Wildman–Crippen LogP) is 5.99. The van der Waals surface area contributed by atoms with Crippen LogP contribution in [-0.4, -0.2) is 63.3 Å². The molecule has 2 aromatic carbocycles. The van der Waals surface area contributed by atoms with Gasteiger partial charge in [0.05, 0.1) is 55.9 Å². The lowest BCUT2D eigenvalue weighted by atomic mass is 9.93. The molecule has 280 valence electrons. The highest BCUT2D eigenvalue weighted by Crippen LogP contribution is 2.42. The zero-order chi connectivity index (χ0) is 38.5. The Labute approximate surface area is 311 Å². The molecule has 0 aliphatic heterocycles. The molecule has 0 bridgehead atoms. The van der Waals surface area contributed by atoms with Gasteiger partial charge >= 0.3 is 0 Å². The second kappa shape index (κ2) is 14.3. The van der Waals surface area contributed by atoms with Gasteiger partial charge in [0, 0.05) is 36.6 Å². The smallest absolute Gasteiger partial charge is 0.240 e. The lowest BCUT2D eigenvalue weighted by molar-refractivity contribution is -0.122.